The summed E-state index contributed by atoms with van der Waals surface area (Å²) in [6.07, 6.45) is 2.27. The molecule has 112 valence electrons. The van der Waals surface area contributed by atoms with Gasteiger partial charge in [0.05, 0.1) is 6.61 Å². The van der Waals surface area contributed by atoms with Crippen molar-refractivity contribution in [1.29, 1.82) is 0 Å². The molecule has 1 aromatic rings. The lowest BCUT2D eigenvalue weighted by atomic mass is 10.0. The molecule has 0 heterocycles. The standard InChI is InChI=1S/C16H26N2OS/c1-4-14(5-2)18(10-11-19-3)12-13-8-6-7-9-15(13)16(17)20/h6-9,14H,4-5,10-12H2,1-3H3,(H2,17,20). The van der Waals surface area contributed by atoms with E-state index in [4.69, 9.17) is 22.7 Å². The monoisotopic (exact) mass is 294 g/mol. The summed E-state index contributed by atoms with van der Waals surface area (Å²) >= 11 is 5.15. The maximum atomic E-state index is 5.82. The van der Waals surface area contributed by atoms with E-state index in [-0.39, 0.29) is 0 Å². The minimum atomic E-state index is 0.469. The quantitative estimate of drug-likeness (QED) is 0.711. The first kappa shape index (κ1) is 17.1. The molecule has 0 aliphatic carbocycles. The minimum Gasteiger partial charge on any atom is -0.389 e. The lowest BCUT2D eigenvalue weighted by Crippen LogP contribution is -2.37. The van der Waals surface area contributed by atoms with Gasteiger partial charge in [0.25, 0.3) is 0 Å². The van der Waals surface area contributed by atoms with Crippen molar-refractivity contribution >= 4 is 17.2 Å². The van der Waals surface area contributed by atoms with E-state index in [9.17, 15) is 0 Å². The van der Waals surface area contributed by atoms with Crippen LogP contribution < -0.4 is 5.73 Å². The summed E-state index contributed by atoms with van der Waals surface area (Å²) in [5, 5.41) is 0. The van der Waals surface area contributed by atoms with E-state index in [2.05, 4.69) is 24.8 Å². The molecule has 0 bridgehead atoms. The van der Waals surface area contributed by atoms with Crippen LogP contribution in [0.4, 0.5) is 0 Å². The Hall–Kier alpha value is -0.970. The summed E-state index contributed by atoms with van der Waals surface area (Å²) in [4.78, 5) is 2.93. The second-order valence-electron chi connectivity index (χ2n) is 4.95. The topological polar surface area (TPSA) is 38.5 Å². The number of hydrogen-bond donors (Lipinski definition) is 1. The lowest BCUT2D eigenvalue weighted by molar-refractivity contribution is 0.110. The van der Waals surface area contributed by atoms with Crippen LogP contribution >= 0.6 is 12.2 Å². The van der Waals surface area contributed by atoms with Gasteiger partial charge in [0.15, 0.2) is 0 Å². The van der Waals surface area contributed by atoms with Crippen LogP contribution in [0.15, 0.2) is 24.3 Å². The van der Waals surface area contributed by atoms with E-state index >= 15 is 0 Å². The van der Waals surface area contributed by atoms with Gasteiger partial charge < -0.3 is 10.5 Å². The predicted molar refractivity (Wildman–Crippen MR) is 89.0 cm³/mol. The van der Waals surface area contributed by atoms with Gasteiger partial charge >= 0.3 is 0 Å². The lowest BCUT2D eigenvalue weighted by Gasteiger charge is -2.30. The predicted octanol–water partition coefficient (Wildman–Crippen LogP) is 2.96. The summed E-state index contributed by atoms with van der Waals surface area (Å²) in [6, 6.07) is 8.69. The van der Waals surface area contributed by atoms with Gasteiger partial charge in [0, 0.05) is 31.8 Å². The zero-order valence-electron chi connectivity index (χ0n) is 12.8. The van der Waals surface area contributed by atoms with Gasteiger partial charge in [-0.15, -0.1) is 0 Å². The average molecular weight is 294 g/mol. The summed E-state index contributed by atoms with van der Waals surface area (Å²) in [5.74, 6) is 0. The van der Waals surface area contributed by atoms with Crippen molar-refractivity contribution in [3.63, 3.8) is 0 Å². The van der Waals surface area contributed by atoms with Gasteiger partial charge in [0.2, 0.25) is 0 Å². The van der Waals surface area contributed by atoms with Gasteiger partial charge in [-0.3, -0.25) is 4.90 Å². The highest BCUT2D eigenvalue weighted by Crippen LogP contribution is 2.16. The molecule has 0 aliphatic rings. The number of hydrogen-bond acceptors (Lipinski definition) is 3. The second-order valence-corrected chi connectivity index (χ2v) is 5.39. The molecule has 0 aromatic heterocycles. The average Bonchev–Trinajstić information content (AvgIpc) is 2.46. The molecule has 0 atom stereocenters. The molecule has 0 radical (unpaired) electrons. The van der Waals surface area contributed by atoms with E-state index < -0.39 is 0 Å². The van der Waals surface area contributed by atoms with Gasteiger partial charge in [-0.25, -0.2) is 0 Å². The maximum Gasteiger partial charge on any atom is 0.104 e. The number of nitrogens with zero attached hydrogens (tertiary/aromatic N) is 1. The minimum absolute atomic E-state index is 0.469. The highest BCUT2D eigenvalue weighted by atomic mass is 32.1. The third-order valence-electron chi connectivity index (χ3n) is 3.70. The van der Waals surface area contributed by atoms with Gasteiger partial charge in [-0.2, -0.15) is 0 Å². The highest BCUT2D eigenvalue weighted by molar-refractivity contribution is 7.80. The Morgan fingerprint density at radius 1 is 1.30 bits per heavy atom. The van der Waals surface area contributed by atoms with Crippen molar-refractivity contribution in [3.05, 3.63) is 35.4 Å². The molecule has 1 rings (SSSR count). The van der Waals surface area contributed by atoms with Crippen molar-refractivity contribution in [2.24, 2.45) is 5.73 Å². The van der Waals surface area contributed by atoms with E-state index in [1.165, 1.54) is 5.56 Å². The molecule has 20 heavy (non-hydrogen) atoms. The first-order valence-electron chi connectivity index (χ1n) is 7.24. The molecule has 0 saturated heterocycles. The zero-order valence-corrected chi connectivity index (χ0v) is 13.6. The van der Waals surface area contributed by atoms with Crippen LogP contribution in [-0.2, 0) is 11.3 Å². The van der Waals surface area contributed by atoms with Crippen LogP contribution in [0, 0.1) is 0 Å². The Kier molecular flexibility index (Phi) is 7.73. The fourth-order valence-corrected chi connectivity index (χ4v) is 2.72. The molecule has 0 aliphatic heterocycles. The Bertz CT molecular complexity index is 419. The summed E-state index contributed by atoms with van der Waals surface area (Å²) in [7, 11) is 1.74. The number of methoxy groups -OCH3 is 1. The fraction of sp³-hybridized carbons (Fsp3) is 0.562. The first-order valence-corrected chi connectivity index (χ1v) is 7.65. The first-order chi connectivity index (χ1) is 9.63. The molecule has 0 unspecified atom stereocenters. The normalized spacial score (nSPS) is 11.2. The van der Waals surface area contributed by atoms with E-state index in [1.54, 1.807) is 7.11 Å². The van der Waals surface area contributed by atoms with Crippen molar-refractivity contribution in [3.8, 4) is 0 Å². The SMILES string of the molecule is CCC(CC)N(CCOC)Cc1ccccc1C(N)=S. The van der Waals surface area contributed by atoms with Crippen molar-refractivity contribution in [2.75, 3.05) is 20.3 Å². The summed E-state index contributed by atoms with van der Waals surface area (Å²) < 4.78 is 5.23. The number of benzene rings is 1. The number of rotatable bonds is 9. The van der Waals surface area contributed by atoms with Crippen molar-refractivity contribution in [2.45, 2.75) is 39.3 Å². The largest absolute Gasteiger partial charge is 0.389 e. The Morgan fingerprint density at radius 2 is 1.95 bits per heavy atom. The Balaban J connectivity index is 2.91. The smallest absolute Gasteiger partial charge is 0.104 e. The van der Waals surface area contributed by atoms with E-state index in [1.807, 2.05) is 18.2 Å². The molecular formula is C16H26N2OS. The molecule has 2 N–H and O–H groups in total. The third kappa shape index (κ3) is 4.85. The molecular weight excluding hydrogens is 268 g/mol. The molecule has 3 nitrogen and oxygen atoms in total. The van der Waals surface area contributed by atoms with Crippen LogP contribution in [0.3, 0.4) is 0 Å². The third-order valence-corrected chi connectivity index (χ3v) is 3.92. The second kappa shape index (κ2) is 9.06. The van der Waals surface area contributed by atoms with E-state index in [0.29, 0.717) is 11.0 Å². The molecule has 0 fully saturated rings. The number of ether oxygens (including phenoxy) is 1. The van der Waals surface area contributed by atoms with Gasteiger partial charge in [-0.05, 0) is 18.4 Å². The van der Waals surface area contributed by atoms with Crippen LogP contribution in [0.1, 0.15) is 37.8 Å². The van der Waals surface area contributed by atoms with Gasteiger partial charge in [0.1, 0.15) is 4.99 Å². The fourth-order valence-electron chi connectivity index (χ4n) is 2.52. The number of thiocarbonyl (C=S) groups is 1. The molecule has 4 heteroatoms. The molecule has 1 aromatic carbocycles. The van der Waals surface area contributed by atoms with Gasteiger partial charge in [-0.1, -0.05) is 50.3 Å². The molecule has 0 spiro atoms. The van der Waals surface area contributed by atoms with Crippen molar-refractivity contribution < 1.29 is 4.74 Å². The zero-order chi connectivity index (χ0) is 15.0. The summed E-state index contributed by atoms with van der Waals surface area (Å²) in [5.41, 5.74) is 8.00. The van der Waals surface area contributed by atoms with Crippen LogP contribution in [0.25, 0.3) is 0 Å². The van der Waals surface area contributed by atoms with E-state index in [0.717, 1.165) is 38.1 Å². The molecule has 0 saturated carbocycles. The molecule has 0 amide bonds. The van der Waals surface area contributed by atoms with Crippen LogP contribution in [0.5, 0.6) is 0 Å². The number of nitrogens with two attached hydrogens (primary N) is 1. The van der Waals surface area contributed by atoms with Crippen molar-refractivity contribution in [1.82, 2.24) is 4.90 Å². The van der Waals surface area contributed by atoms with Crippen LogP contribution in [0.2, 0.25) is 0 Å². The summed E-state index contributed by atoms with van der Waals surface area (Å²) in [6.45, 7) is 6.99. The Morgan fingerprint density at radius 3 is 2.50 bits per heavy atom. The maximum absolute atomic E-state index is 5.82. The van der Waals surface area contributed by atoms with Crippen LogP contribution in [-0.4, -0.2) is 36.2 Å². The highest BCUT2D eigenvalue weighted by Gasteiger charge is 2.17. The Labute approximate surface area is 128 Å².